The van der Waals surface area contributed by atoms with Crippen LogP contribution in [0.25, 0.3) is 0 Å². The molecule has 2 fully saturated rings. The first-order valence-electron chi connectivity index (χ1n) is 9.23. The van der Waals surface area contributed by atoms with Gasteiger partial charge in [-0.05, 0) is 32.6 Å². The van der Waals surface area contributed by atoms with Crippen LogP contribution in [0.5, 0.6) is 0 Å². The van der Waals surface area contributed by atoms with Gasteiger partial charge in [0.2, 0.25) is 0 Å². The fourth-order valence-corrected chi connectivity index (χ4v) is 3.83. The molecule has 2 aliphatic rings. The molecule has 0 atom stereocenters. The molecule has 0 amide bonds. The van der Waals surface area contributed by atoms with Crippen molar-refractivity contribution in [1.82, 2.24) is 30.3 Å². The average molecular weight is 333 g/mol. The number of rotatable bonds is 4. The molecule has 0 bridgehead atoms. The lowest BCUT2D eigenvalue weighted by atomic mass is 10.0. The van der Waals surface area contributed by atoms with Gasteiger partial charge in [0.25, 0.3) is 0 Å². The van der Waals surface area contributed by atoms with Crippen molar-refractivity contribution in [2.45, 2.75) is 64.1 Å². The van der Waals surface area contributed by atoms with Crippen LogP contribution in [0.2, 0.25) is 0 Å². The molecule has 1 saturated heterocycles. The second-order valence-electron chi connectivity index (χ2n) is 7.04. The Bertz CT molecular complexity index is 551. The number of likely N-dealkylation sites (tertiary alicyclic amines) is 1. The summed E-state index contributed by atoms with van der Waals surface area (Å²) < 4.78 is 2.00. The number of guanidine groups is 1. The van der Waals surface area contributed by atoms with Crippen LogP contribution in [0.4, 0.5) is 0 Å². The summed E-state index contributed by atoms with van der Waals surface area (Å²) in [4.78, 5) is 7.05. The summed E-state index contributed by atoms with van der Waals surface area (Å²) in [5, 5.41) is 15.2. The van der Waals surface area contributed by atoms with E-state index < -0.39 is 0 Å². The maximum absolute atomic E-state index is 4.35. The average Bonchev–Trinajstić information content (AvgIpc) is 3.24. The first-order valence-corrected chi connectivity index (χ1v) is 9.23. The van der Waals surface area contributed by atoms with Crippen LogP contribution in [0.1, 0.15) is 50.2 Å². The zero-order valence-corrected chi connectivity index (χ0v) is 15.3. The van der Waals surface area contributed by atoms with Crippen molar-refractivity contribution in [3.8, 4) is 0 Å². The van der Waals surface area contributed by atoms with E-state index in [-0.39, 0.29) is 0 Å². The molecular formula is C17H31N7. The van der Waals surface area contributed by atoms with E-state index in [2.05, 4.69) is 30.7 Å². The summed E-state index contributed by atoms with van der Waals surface area (Å²) in [6.07, 6.45) is 8.03. The Labute approximate surface area is 144 Å². The lowest BCUT2D eigenvalue weighted by molar-refractivity contribution is 0.150. The predicted octanol–water partition coefficient (Wildman–Crippen LogP) is 1.20. The molecule has 24 heavy (non-hydrogen) atoms. The molecule has 134 valence electrons. The Hall–Kier alpha value is -1.63. The second kappa shape index (κ2) is 7.96. The van der Waals surface area contributed by atoms with E-state index in [0.717, 1.165) is 23.7 Å². The van der Waals surface area contributed by atoms with Gasteiger partial charge in [-0.1, -0.05) is 12.8 Å². The Morgan fingerprint density at radius 1 is 1.17 bits per heavy atom. The van der Waals surface area contributed by atoms with Gasteiger partial charge in [-0.3, -0.25) is 4.99 Å². The van der Waals surface area contributed by atoms with Gasteiger partial charge in [-0.2, -0.15) is 0 Å². The van der Waals surface area contributed by atoms with Crippen molar-refractivity contribution in [2.24, 2.45) is 12.0 Å². The molecule has 1 aromatic heterocycles. The van der Waals surface area contributed by atoms with Gasteiger partial charge < -0.3 is 20.1 Å². The highest BCUT2D eigenvalue weighted by Gasteiger charge is 2.27. The van der Waals surface area contributed by atoms with Crippen molar-refractivity contribution < 1.29 is 0 Å². The fourth-order valence-electron chi connectivity index (χ4n) is 3.83. The molecule has 2 N–H and O–H groups in total. The summed E-state index contributed by atoms with van der Waals surface area (Å²) >= 11 is 0. The Morgan fingerprint density at radius 3 is 2.46 bits per heavy atom. The highest BCUT2D eigenvalue weighted by atomic mass is 15.3. The van der Waals surface area contributed by atoms with E-state index in [4.69, 9.17) is 0 Å². The molecule has 1 aliphatic heterocycles. The summed E-state index contributed by atoms with van der Waals surface area (Å²) in [6.45, 7) is 5.02. The summed E-state index contributed by atoms with van der Waals surface area (Å²) in [7, 11) is 3.81. The molecule has 0 aromatic carbocycles. The third-order valence-corrected chi connectivity index (χ3v) is 5.53. The molecule has 1 aromatic rings. The molecule has 2 heterocycles. The highest BCUT2D eigenvalue weighted by Crippen LogP contribution is 2.26. The monoisotopic (exact) mass is 333 g/mol. The summed E-state index contributed by atoms with van der Waals surface area (Å²) in [5.41, 5.74) is 0. The molecule has 7 nitrogen and oxygen atoms in total. The quantitative estimate of drug-likeness (QED) is 0.640. The van der Waals surface area contributed by atoms with E-state index in [1.165, 1.54) is 51.6 Å². The zero-order chi connectivity index (χ0) is 16.9. The van der Waals surface area contributed by atoms with E-state index in [9.17, 15) is 0 Å². The predicted molar refractivity (Wildman–Crippen MR) is 95.9 cm³/mol. The highest BCUT2D eigenvalue weighted by molar-refractivity contribution is 5.79. The minimum atomic E-state index is 0.509. The van der Waals surface area contributed by atoms with Crippen molar-refractivity contribution in [2.75, 3.05) is 20.1 Å². The Morgan fingerprint density at radius 2 is 1.88 bits per heavy atom. The van der Waals surface area contributed by atoms with E-state index in [1.807, 2.05) is 25.6 Å². The first-order chi connectivity index (χ1) is 11.7. The Kier molecular flexibility index (Phi) is 5.71. The maximum Gasteiger partial charge on any atom is 0.191 e. The number of aryl methyl sites for hydroxylation is 1. The normalized spacial score (nSPS) is 21.4. The fraction of sp³-hybridized carbons (Fsp3) is 0.824. The van der Waals surface area contributed by atoms with Gasteiger partial charge in [0.05, 0.1) is 6.54 Å². The van der Waals surface area contributed by atoms with Gasteiger partial charge >= 0.3 is 0 Å². The van der Waals surface area contributed by atoms with Gasteiger partial charge in [0.1, 0.15) is 5.82 Å². The summed E-state index contributed by atoms with van der Waals surface area (Å²) in [6, 6.07) is 1.36. The standard InChI is InChI=1S/C17H31N7/c1-13-21-22-16(23(13)3)12-19-17(18-2)20-14-8-10-24(11-9-14)15-6-4-5-7-15/h14-15H,4-12H2,1-3H3,(H2,18,19,20). The lowest BCUT2D eigenvalue weighted by Crippen LogP contribution is -2.50. The maximum atomic E-state index is 4.35. The molecule has 7 heteroatoms. The third kappa shape index (κ3) is 4.06. The summed E-state index contributed by atoms with van der Waals surface area (Å²) in [5.74, 6) is 2.70. The molecule has 0 spiro atoms. The number of aromatic nitrogens is 3. The number of hydrogen-bond acceptors (Lipinski definition) is 4. The molecule has 0 unspecified atom stereocenters. The Balaban J connectivity index is 1.43. The molecule has 3 rings (SSSR count). The second-order valence-corrected chi connectivity index (χ2v) is 7.04. The van der Waals surface area contributed by atoms with Crippen molar-refractivity contribution in [3.05, 3.63) is 11.6 Å². The van der Waals surface area contributed by atoms with E-state index >= 15 is 0 Å². The SMILES string of the molecule is CN=C(NCc1nnc(C)n1C)NC1CCN(C2CCCC2)CC1. The molecule has 0 radical (unpaired) electrons. The van der Waals surface area contributed by atoms with Crippen molar-refractivity contribution >= 4 is 5.96 Å². The van der Waals surface area contributed by atoms with E-state index in [0.29, 0.717) is 12.6 Å². The number of piperidine rings is 1. The van der Waals surface area contributed by atoms with Crippen LogP contribution in [-0.4, -0.2) is 57.8 Å². The number of nitrogens with zero attached hydrogens (tertiary/aromatic N) is 5. The number of aliphatic imine (C=N–C) groups is 1. The topological polar surface area (TPSA) is 70.4 Å². The van der Waals surface area contributed by atoms with Crippen molar-refractivity contribution in [1.29, 1.82) is 0 Å². The molecule has 1 saturated carbocycles. The van der Waals surface area contributed by atoms with Gasteiger partial charge in [0, 0.05) is 39.3 Å². The van der Waals surface area contributed by atoms with Crippen LogP contribution in [0, 0.1) is 6.92 Å². The van der Waals surface area contributed by atoms with Crippen LogP contribution in [0.15, 0.2) is 4.99 Å². The zero-order valence-electron chi connectivity index (χ0n) is 15.3. The smallest absolute Gasteiger partial charge is 0.191 e. The van der Waals surface area contributed by atoms with Crippen molar-refractivity contribution in [3.63, 3.8) is 0 Å². The van der Waals surface area contributed by atoms with Crippen LogP contribution < -0.4 is 10.6 Å². The van der Waals surface area contributed by atoms with Gasteiger partial charge in [-0.25, -0.2) is 0 Å². The first kappa shape index (κ1) is 17.2. The number of hydrogen-bond donors (Lipinski definition) is 2. The van der Waals surface area contributed by atoms with Gasteiger partial charge in [0.15, 0.2) is 11.8 Å². The third-order valence-electron chi connectivity index (χ3n) is 5.53. The van der Waals surface area contributed by atoms with Gasteiger partial charge in [-0.15, -0.1) is 10.2 Å². The largest absolute Gasteiger partial charge is 0.354 e. The lowest BCUT2D eigenvalue weighted by Gasteiger charge is -2.36. The minimum Gasteiger partial charge on any atom is -0.354 e. The molecule has 1 aliphatic carbocycles. The molecular weight excluding hydrogens is 302 g/mol. The van der Waals surface area contributed by atoms with Crippen LogP contribution in [0.3, 0.4) is 0 Å². The van der Waals surface area contributed by atoms with Crippen LogP contribution in [-0.2, 0) is 13.6 Å². The van der Waals surface area contributed by atoms with Crippen LogP contribution >= 0.6 is 0 Å². The number of nitrogens with one attached hydrogen (secondary N) is 2. The minimum absolute atomic E-state index is 0.509. The van der Waals surface area contributed by atoms with E-state index in [1.54, 1.807) is 0 Å².